The highest BCUT2D eigenvalue weighted by Crippen LogP contribution is 2.36. The molecule has 0 aromatic heterocycles. The van der Waals surface area contributed by atoms with E-state index in [1.54, 1.807) is 13.8 Å². The van der Waals surface area contributed by atoms with Crippen LogP contribution in [0, 0.1) is 5.41 Å². The summed E-state index contributed by atoms with van der Waals surface area (Å²) in [6.07, 6.45) is 0. The van der Waals surface area contributed by atoms with E-state index in [0.29, 0.717) is 0 Å². The van der Waals surface area contributed by atoms with E-state index in [1.165, 1.54) is 0 Å². The van der Waals surface area contributed by atoms with Gasteiger partial charge in [0.1, 0.15) is 6.61 Å². The molecule has 0 N–H and O–H groups in total. The van der Waals surface area contributed by atoms with Gasteiger partial charge in [-0.3, -0.25) is 9.59 Å². The molecule has 1 fully saturated rings. The third-order valence-electron chi connectivity index (χ3n) is 2.43. The van der Waals surface area contributed by atoms with Gasteiger partial charge in [0, 0.05) is 0 Å². The van der Waals surface area contributed by atoms with Gasteiger partial charge in [0.05, 0.1) is 18.8 Å². The van der Waals surface area contributed by atoms with Crippen LogP contribution in [0.15, 0.2) is 12.2 Å². The van der Waals surface area contributed by atoms with E-state index in [1.807, 2.05) is 0 Å². The van der Waals surface area contributed by atoms with Crippen molar-refractivity contribution < 1.29 is 28.6 Å². The average molecular weight is 242 g/mol. The molecule has 0 atom stereocenters. The van der Waals surface area contributed by atoms with E-state index in [9.17, 15) is 14.4 Å². The van der Waals surface area contributed by atoms with Gasteiger partial charge in [-0.25, -0.2) is 4.79 Å². The van der Waals surface area contributed by atoms with Crippen LogP contribution in [0.5, 0.6) is 0 Å². The van der Waals surface area contributed by atoms with Crippen LogP contribution < -0.4 is 0 Å². The normalized spacial score (nSPS) is 17.5. The molecule has 0 unspecified atom stereocenters. The highest BCUT2D eigenvalue weighted by Gasteiger charge is 2.59. The lowest BCUT2D eigenvalue weighted by Crippen LogP contribution is -2.44. The summed E-state index contributed by atoms with van der Waals surface area (Å²) in [5, 5.41) is 0. The summed E-state index contributed by atoms with van der Waals surface area (Å²) in [5.74, 6) is -2.52. The van der Waals surface area contributed by atoms with Crippen molar-refractivity contribution in [3.63, 3.8) is 0 Å². The maximum atomic E-state index is 11.8. The molecule has 1 aliphatic heterocycles. The summed E-state index contributed by atoms with van der Waals surface area (Å²) in [5.41, 5.74) is -2.09. The second-order valence-electron chi connectivity index (χ2n) is 3.40. The van der Waals surface area contributed by atoms with Crippen molar-refractivity contribution >= 4 is 17.9 Å². The van der Waals surface area contributed by atoms with E-state index < -0.39 is 29.9 Å². The van der Waals surface area contributed by atoms with Crippen molar-refractivity contribution in [1.29, 1.82) is 0 Å². The molecule has 0 aliphatic carbocycles. The van der Waals surface area contributed by atoms with Crippen LogP contribution in [-0.2, 0) is 28.6 Å². The molecule has 6 nitrogen and oxygen atoms in total. The van der Waals surface area contributed by atoms with Crippen LogP contribution in [-0.4, -0.2) is 37.7 Å². The monoisotopic (exact) mass is 242 g/mol. The van der Waals surface area contributed by atoms with Crippen molar-refractivity contribution in [2.24, 2.45) is 5.41 Å². The minimum absolute atomic E-state index is 0.0848. The standard InChI is InChI=1S/C11H14O6/c1-4-15-9(13)11(10(14)16-5-2)6-17-8(12)7(11)3/h3-6H2,1-2H3. The van der Waals surface area contributed by atoms with E-state index >= 15 is 0 Å². The zero-order valence-electron chi connectivity index (χ0n) is 9.78. The van der Waals surface area contributed by atoms with Crippen molar-refractivity contribution in [3.05, 3.63) is 12.2 Å². The summed E-state index contributed by atoms with van der Waals surface area (Å²) in [6, 6.07) is 0. The van der Waals surface area contributed by atoms with Crippen LogP contribution in [0.4, 0.5) is 0 Å². The second-order valence-corrected chi connectivity index (χ2v) is 3.40. The van der Waals surface area contributed by atoms with E-state index in [4.69, 9.17) is 9.47 Å². The molecule has 6 heteroatoms. The van der Waals surface area contributed by atoms with Crippen LogP contribution >= 0.6 is 0 Å². The maximum Gasteiger partial charge on any atom is 0.335 e. The van der Waals surface area contributed by atoms with E-state index in [-0.39, 0.29) is 18.8 Å². The molecule has 0 aromatic rings. The number of esters is 3. The molecule has 0 spiro atoms. The molecule has 0 bridgehead atoms. The van der Waals surface area contributed by atoms with Gasteiger partial charge in [0.2, 0.25) is 5.41 Å². The number of hydrogen-bond acceptors (Lipinski definition) is 6. The van der Waals surface area contributed by atoms with Crippen LogP contribution in [0.2, 0.25) is 0 Å². The molecule has 17 heavy (non-hydrogen) atoms. The van der Waals surface area contributed by atoms with Gasteiger partial charge >= 0.3 is 17.9 Å². The minimum Gasteiger partial charge on any atom is -0.465 e. The minimum atomic E-state index is -1.84. The van der Waals surface area contributed by atoms with Crippen LogP contribution in [0.25, 0.3) is 0 Å². The Morgan fingerprint density at radius 1 is 1.29 bits per heavy atom. The number of carbonyl (C=O) groups is 3. The molecule has 1 saturated heterocycles. The lowest BCUT2D eigenvalue weighted by molar-refractivity contribution is -0.169. The van der Waals surface area contributed by atoms with Gasteiger partial charge in [-0.1, -0.05) is 6.58 Å². The Kier molecular flexibility index (Phi) is 3.88. The summed E-state index contributed by atoms with van der Waals surface area (Å²) in [7, 11) is 0. The van der Waals surface area contributed by atoms with Crippen LogP contribution in [0.3, 0.4) is 0 Å². The smallest absolute Gasteiger partial charge is 0.335 e. The average Bonchev–Trinajstić information content (AvgIpc) is 2.58. The zero-order chi connectivity index (χ0) is 13.1. The Labute approximate surface area is 98.5 Å². The molecular weight excluding hydrogens is 228 g/mol. The van der Waals surface area contributed by atoms with Gasteiger partial charge in [0.15, 0.2) is 0 Å². The quantitative estimate of drug-likeness (QED) is 0.303. The molecule has 0 radical (unpaired) electrons. The van der Waals surface area contributed by atoms with E-state index in [0.717, 1.165) is 0 Å². The molecule has 0 aromatic carbocycles. The zero-order valence-corrected chi connectivity index (χ0v) is 9.78. The first-order valence-electron chi connectivity index (χ1n) is 5.21. The lowest BCUT2D eigenvalue weighted by atomic mass is 9.83. The summed E-state index contributed by atoms with van der Waals surface area (Å²) in [6.45, 7) is 6.36. The van der Waals surface area contributed by atoms with Gasteiger partial charge in [-0.15, -0.1) is 0 Å². The fraction of sp³-hybridized carbons (Fsp3) is 0.545. The molecule has 0 amide bonds. The Hall–Kier alpha value is -1.85. The largest absolute Gasteiger partial charge is 0.465 e. The van der Waals surface area contributed by atoms with Crippen molar-refractivity contribution in [2.45, 2.75) is 13.8 Å². The third-order valence-corrected chi connectivity index (χ3v) is 2.43. The number of hydrogen-bond donors (Lipinski definition) is 0. The highest BCUT2D eigenvalue weighted by molar-refractivity contribution is 6.13. The van der Waals surface area contributed by atoms with Gasteiger partial charge in [-0.05, 0) is 13.8 Å². The number of rotatable bonds is 4. The molecular formula is C11H14O6. The highest BCUT2D eigenvalue weighted by atomic mass is 16.6. The molecule has 0 saturated carbocycles. The Balaban J connectivity index is 3.10. The lowest BCUT2D eigenvalue weighted by Gasteiger charge is -2.21. The van der Waals surface area contributed by atoms with Crippen molar-refractivity contribution in [1.82, 2.24) is 0 Å². The first-order chi connectivity index (χ1) is 8.00. The molecule has 1 aliphatic rings. The predicted molar refractivity (Wildman–Crippen MR) is 55.8 cm³/mol. The molecule has 1 rings (SSSR count). The first-order valence-corrected chi connectivity index (χ1v) is 5.21. The maximum absolute atomic E-state index is 11.8. The number of ether oxygens (including phenoxy) is 3. The Bertz CT molecular complexity index is 352. The molecule has 1 heterocycles. The van der Waals surface area contributed by atoms with Gasteiger partial charge in [-0.2, -0.15) is 0 Å². The Morgan fingerprint density at radius 2 is 1.76 bits per heavy atom. The number of cyclic esters (lactones) is 1. The second kappa shape index (κ2) is 4.99. The summed E-state index contributed by atoms with van der Waals surface area (Å²) >= 11 is 0. The van der Waals surface area contributed by atoms with E-state index in [2.05, 4.69) is 11.3 Å². The van der Waals surface area contributed by atoms with Crippen LogP contribution in [0.1, 0.15) is 13.8 Å². The SMILES string of the molecule is C=C1C(=O)OCC1(C(=O)OCC)C(=O)OCC. The van der Waals surface area contributed by atoms with Gasteiger partial charge in [0.25, 0.3) is 0 Å². The number of carbonyl (C=O) groups excluding carboxylic acids is 3. The fourth-order valence-corrected chi connectivity index (χ4v) is 1.48. The molecule has 94 valence electrons. The van der Waals surface area contributed by atoms with Crippen molar-refractivity contribution in [2.75, 3.05) is 19.8 Å². The summed E-state index contributed by atoms with van der Waals surface area (Å²) < 4.78 is 14.2. The summed E-state index contributed by atoms with van der Waals surface area (Å²) in [4.78, 5) is 34.9. The van der Waals surface area contributed by atoms with Crippen molar-refractivity contribution in [3.8, 4) is 0 Å². The predicted octanol–water partition coefficient (Wildman–Crippen LogP) is 0.212. The fourth-order valence-electron chi connectivity index (χ4n) is 1.48. The first kappa shape index (κ1) is 13.2. The topological polar surface area (TPSA) is 78.9 Å². The Morgan fingerprint density at radius 3 is 2.06 bits per heavy atom. The van der Waals surface area contributed by atoms with Gasteiger partial charge < -0.3 is 14.2 Å². The third kappa shape index (κ3) is 2.02.